The number of anilines is 2. The number of halogens is 2. The molecule has 4 N–H and O–H groups in total. The van der Waals surface area contributed by atoms with Crippen LogP contribution in [-0.2, 0) is 10.8 Å². The first-order valence-corrected chi connectivity index (χ1v) is 17.6. The smallest absolute Gasteiger partial charge is 0.131 e. The Hall–Kier alpha value is -2.56. The van der Waals surface area contributed by atoms with Crippen LogP contribution in [0, 0.1) is 35.5 Å². The van der Waals surface area contributed by atoms with Crippen LogP contribution in [0.3, 0.4) is 0 Å². The number of ether oxygens (including phenoxy) is 2. The van der Waals surface area contributed by atoms with Crippen molar-refractivity contribution < 1.29 is 9.47 Å². The minimum Gasteiger partial charge on any atom is -0.457 e. The summed E-state index contributed by atoms with van der Waals surface area (Å²) in [4.78, 5) is 0. The molecule has 0 heterocycles. The minimum atomic E-state index is 0.110. The summed E-state index contributed by atoms with van der Waals surface area (Å²) in [6.07, 6.45) is 15.8. The number of nitrogens with two attached hydrogens (primary N) is 2. The maximum absolute atomic E-state index is 6.95. The van der Waals surface area contributed by atoms with Crippen LogP contribution in [0.5, 0.6) is 23.0 Å². The number of rotatable bonds is 6. The fourth-order valence-corrected chi connectivity index (χ4v) is 12.2. The quantitative estimate of drug-likeness (QED) is 0.266. The second kappa shape index (κ2) is 9.97. The average molecular weight is 630 g/mol. The van der Waals surface area contributed by atoms with E-state index in [0.717, 1.165) is 58.5 Å². The predicted molar refractivity (Wildman–Crippen MR) is 178 cm³/mol. The van der Waals surface area contributed by atoms with Crippen molar-refractivity contribution in [2.75, 3.05) is 11.5 Å². The molecule has 3 aromatic rings. The number of benzene rings is 3. The Morgan fingerprint density at radius 3 is 1.11 bits per heavy atom. The van der Waals surface area contributed by atoms with Crippen LogP contribution >= 0.6 is 23.2 Å². The van der Waals surface area contributed by atoms with E-state index in [1.165, 1.54) is 88.2 Å². The zero-order chi connectivity index (χ0) is 29.8. The Balaban J connectivity index is 1.23. The summed E-state index contributed by atoms with van der Waals surface area (Å²) in [5.41, 5.74) is 16.2. The molecule has 0 aliphatic heterocycles. The second-order valence-electron chi connectivity index (χ2n) is 15.8. The molecule has 0 unspecified atom stereocenters. The van der Waals surface area contributed by atoms with Gasteiger partial charge in [-0.05, 0) is 160 Å². The molecule has 0 aromatic heterocycles. The highest BCUT2D eigenvalue weighted by Crippen LogP contribution is 2.65. The van der Waals surface area contributed by atoms with Gasteiger partial charge in [-0.3, -0.25) is 0 Å². The molecule has 0 saturated heterocycles. The Labute approximate surface area is 270 Å². The minimum absolute atomic E-state index is 0.110. The van der Waals surface area contributed by atoms with Gasteiger partial charge in [0.15, 0.2) is 0 Å². The van der Waals surface area contributed by atoms with Gasteiger partial charge in [-0.25, -0.2) is 0 Å². The first kappa shape index (κ1) is 27.7. The Bertz CT molecular complexity index is 1460. The van der Waals surface area contributed by atoms with Crippen LogP contribution in [-0.4, -0.2) is 0 Å². The maximum Gasteiger partial charge on any atom is 0.131 e. The van der Waals surface area contributed by atoms with Crippen molar-refractivity contribution in [2.45, 2.75) is 87.9 Å². The van der Waals surface area contributed by atoms with Crippen LogP contribution in [0.15, 0.2) is 48.5 Å². The lowest BCUT2D eigenvalue weighted by Crippen LogP contribution is -2.49. The van der Waals surface area contributed by atoms with E-state index < -0.39 is 0 Å². The molecule has 0 radical (unpaired) electrons. The van der Waals surface area contributed by atoms with Gasteiger partial charge in [0, 0.05) is 23.3 Å². The summed E-state index contributed by atoms with van der Waals surface area (Å²) in [6.45, 7) is 0. The summed E-state index contributed by atoms with van der Waals surface area (Å²) in [7, 11) is 0. The monoisotopic (exact) mass is 628 g/mol. The van der Waals surface area contributed by atoms with Gasteiger partial charge in [0.2, 0.25) is 0 Å². The maximum atomic E-state index is 6.95. The van der Waals surface area contributed by atoms with Crippen molar-refractivity contribution in [1.82, 2.24) is 0 Å². The summed E-state index contributed by atoms with van der Waals surface area (Å²) in [5, 5.41) is 1.06. The average Bonchev–Trinajstić information content (AvgIpc) is 2.96. The zero-order valence-corrected chi connectivity index (χ0v) is 26.8. The number of nitrogen functional groups attached to an aromatic ring is 2. The molecule has 6 heteroatoms. The van der Waals surface area contributed by atoms with Gasteiger partial charge in [0.1, 0.15) is 23.0 Å². The molecular formula is C38H42Cl2N2O2. The van der Waals surface area contributed by atoms with Crippen LogP contribution in [0.2, 0.25) is 10.0 Å². The van der Waals surface area contributed by atoms with Crippen LogP contribution in [0.4, 0.5) is 11.4 Å². The van der Waals surface area contributed by atoms with Crippen LogP contribution in [0.1, 0.15) is 88.2 Å². The molecule has 8 aliphatic carbocycles. The van der Waals surface area contributed by atoms with E-state index in [2.05, 4.69) is 12.1 Å². The van der Waals surface area contributed by atoms with E-state index in [4.69, 9.17) is 44.1 Å². The number of hydrogen-bond donors (Lipinski definition) is 2. The van der Waals surface area contributed by atoms with Gasteiger partial charge in [0.25, 0.3) is 0 Å². The first-order valence-electron chi connectivity index (χ1n) is 16.9. The normalized spacial score (nSPS) is 36.1. The molecule has 8 saturated carbocycles. The van der Waals surface area contributed by atoms with E-state index in [1.54, 1.807) is 0 Å². The Morgan fingerprint density at radius 2 is 0.818 bits per heavy atom. The molecule has 44 heavy (non-hydrogen) atoms. The van der Waals surface area contributed by atoms with Crippen molar-refractivity contribution in [3.8, 4) is 23.0 Å². The summed E-state index contributed by atoms with van der Waals surface area (Å²) in [5.74, 6) is 8.31. The molecule has 11 rings (SSSR count). The van der Waals surface area contributed by atoms with Crippen LogP contribution < -0.4 is 20.9 Å². The third-order valence-electron chi connectivity index (χ3n) is 12.7. The molecule has 0 atom stereocenters. The molecule has 0 amide bonds. The second-order valence-corrected chi connectivity index (χ2v) is 16.6. The van der Waals surface area contributed by atoms with Crippen molar-refractivity contribution in [1.29, 1.82) is 0 Å². The van der Waals surface area contributed by atoms with E-state index in [9.17, 15) is 0 Å². The lowest BCUT2D eigenvalue weighted by Gasteiger charge is -2.58. The van der Waals surface area contributed by atoms with E-state index in [0.29, 0.717) is 21.4 Å². The summed E-state index contributed by atoms with van der Waals surface area (Å²) in [6, 6.07) is 16.1. The van der Waals surface area contributed by atoms with Gasteiger partial charge >= 0.3 is 0 Å². The fraction of sp³-hybridized carbons (Fsp3) is 0.526. The Morgan fingerprint density at radius 1 is 0.500 bits per heavy atom. The van der Waals surface area contributed by atoms with Crippen molar-refractivity contribution in [2.24, 2.45) is 35.5 Å². The highest BCUT2D eigenvalue weighted by atomic mass is 35.5. The van der Waals surface area contributed by atoms with Gasteiger partial charge in [0.05, 0.1) is 21.4 Å². The molecule has 4 nitrogen and oxygen atoms in total. The van der Waals surface area contributed by atoms with Gasteiger partial charge < -0.3 is 20.9 Å². The molecule has 8 fully saturated rings. The Kier molecular flexibility index (Phi) is 6.28. The third kappa shape index (κ3) is 4.53. The first-order chi connectivity index (χ1) is 21.2. The lowest BCUT2D eigenvalue weighted by atomic mass is 9.47. The fourth-order valence-electron chi connectivity index (χ4n) is 11.8. The third-order valence-corrected chi connectivity index (χ3v) is 13.4. The van der Waals surface area contributed by atoms with Gasteiger partial charge in [-0.15, -0.1) is 0 Å². The topological polar surface area (TPSA) is 70.5 Å². The van der Waals surface area contributed by atoms with Crippen molar-refractivity contribution in [3.63, 3.8) is 0 Å². The van der Waals surface area contributed by atoms with Gasteiger partial charge in [-0.2, -0.15) is 0 Å². The van der Waals surface area contributed by atoms with Crippen LogP contribution in [0.25, 0.3) is 0 Å². The molecule has 3 aromatic carbocycles. The SMILES string of the molecule is Nc1ccc(Oc2cc(C34CC5CC(CC(C5)C3)C4)c(Oc3ccc(N)c(Cl)c3)cc2C23CC4CC(CC(C4)C2)C3)cc1Cl. The molecule has 8 aliphatic rings. The highest BCUT2D eigenvalue weighted by molar-refractivity contribution is 6.33. The van der Waals surface area contributed by atoms with Gasteiger partial charge in [-0.1, -0.05) is 23.2 Å². The molecular weight excluding hydrogens is 587 g/mol. The van der Waals surface area contributed by atoms with Crippen molar-refractivity contribution >= 4 is 34.6 Å². The van der Waals surface area contributed by atoms with E-state index in [1.807, 2.05) is 36.4 Å². The van der Waals surface area contributed by atoms with Crippen molar-refractivity contribution in [3.05, 3.63) is 69.7 Å². The molecule has 0 spiro atoms. The number of hydrogen-bond acceptors (Lipinski definition) is 4. The highest BCUT2D eigenvalue weighted by Gasteiger charge is 2.55. The summed E-state index contributed by atoms with van der Waals surface area (Å²) >= 11 is 13.0. The zero-order valence-electron chi connectivity index (χ0n) is 25.3. The predicted octanol–water partition coefficient (Wildman–Crippen LogP) is 10.7. The summed E-state index contributed by atoms with van der Waals surface area (Å²) < 4.78 is 13.9. The molecule has 230 valence electrons. The van der Waals surface area contributed by atoms with E-state index >= 15 is 0 Å². The lowest BCUT2D eigenvalue weighted by molar-refractivity contribution is -0.00824. The largest absolute Gasteiger partial charge is 0.457 e. The molecule has 8 bridgehead atoms. The standard InChI is InChI=1S/C38H42Cl2N2O2/c39-31-11-27(1-3-33(31)41)43-35-13-30(38-18-24-8-25(19-38)10-26(9-24)20-38)36(44-28-2-4-34(42)32(40)12-28)14-29(35)37-15-21-5-22(16-37)7-23(6-21)17-37/h1-4,11-14,21-26H,5-10,15-20,41-42H2. The van der Waals surface area contributed by atoms with E-state index in [-0.39, 0.29) is 10.8 Å².